The first-order valence-corrected chi connectivity index (χ1v) is 54.5. The molecule has 2 heterocycles. The van der Waals surface area contributed by atoms with Crippen LogP contribution in [0.3, 0.4) is 0 Å². The smallest absolute Gasteiger partial charge is 0.116 e. The lowest BCUT2D eigenvalue weighted by molar-refractivity contribution is 0.350. The van der Waals surface area contributed by atoms with E-state index in [2.05, 4.69) is 625 Å². The molecule has 140 heavy (non-hydrogen) atoms. The van der Waals surface area contributed by atoms with Crippen molar-refractivity contribution in [1.29, 1.82) is 0 Å². The summed E-state index contributed by atoms with van der Waals surface area (Å²) in [6.07, 6.45) is 83.2. The minimum absolute atomic E-state index is 0.199. The second kappa shape index (κ2) is 55.2. The molecule has 3 aromatic rings. The highest BCUT2D eigenvalue weighted by atomic mass is 32.1. The van der Waals surface area contributed by atoms with E-state index in [1.165, 1.54) is 128 Å². The molecule has 3 aliphatic carbocycles. The van der Waals surface area contributed by atoms with E-state index in [0.29, 0.717) is 34.0 Å². The number of hydrogen-bond acceptors (Lipinski definition) is 3. The quantitative estimate of drug-likeness (QED) is 0.103. The predicted octanol–water partition coefficient (Wildman–Crippen LogP) is 45.4. The highest BCUT2D eigenvalue weighted by Crippen LogP contribution is 2.46. The fourth-order valence-corrected chi connectivity index (χ4v) is 16.5. The van der Waals surface area contributed by atoms with Crippen molar-refractivity contribution in [3.63, 3.8) is 0 Å². The van der Waals surface area contributed by atoms with Crippen LogP contribution in [-0.2, 0) is 0 Å². The van der Waals surface area contributed by atoms with Crippen molar-refractivity contribution in [3.8, 4) is 0 Å². The number of nitrogens with zero attached hydrogens (tertiary/aromatic N) is 1. The van der Waals surface area contributed by atoms with E-state index >= 15 is 0 Å². The monoisotopic (exact) mass is 1940 g/mol. The topological polar surface area (TPSA) is 12.9 Å². The Morgan fingerprint density at radius 2 is 0.536 bits per heavy atom. The van der Waals surface area contributed by atoms with E-state index in [4.69, 9.17) is 0 Å². The van der Waals surface area contributed by atoms with Gasteiger partial charge in [-0.3, -0.25) is 0 Å². The summed E-state index contributed by atoms with van der Waals surface area (Å²) in [4.78, 5) is 8.57. The Balaban J connectivity index is 0.00000162. The summed E-state index contributed by atoms with van der Waals surface area (Å²) in [6.45, 7) is 130. The van der Waals surface area contributed by atoms with Gasteiger partial charge < -0.3 is 0 Å². The van der Waals surface area contributed by atoms with E-state index in [-0.39, 0.29) is 65.0 Å². The van der Waals surface area contributed by atoms with Gasteiger partial charge in [-0.25, -0.2) is 4.98 Å². The maximum atomic E-state index is 4.60. The van der Waals surface area contributed by atoms with Crippen LogP contribution in [0.15, 0.2) is 238 Å². The molecule has 0 saturated carbocycles. The van der Waals surface area contributed by atoms with Crippen LogP contribution in [-0.4, -0.2) is 4.98 Å². The molecule has 3 unspecified atom stereocenters. The number of aryl methyl sites for hydroxylation is 1. The molecule has 0 spiro atoms. The second-order valence-corrected chi connectivity index (χ2v) is 58.6. The Hall–Kier alpha value is -7.43. The number of rotatable bonds is 16. The Bertz CT molecular complexity index is 5140. The van der Waals surface area contributed by atoms with Crippen LogP contribution in [0, 0.1) is 147 Å². The van der Waals surface area contributed by atoms with Crippen LogP contribution in [0.1, 0.15) is 436 Å². The molecule has 0 radical (unpaired) electrons. The molecule has 0 bridgehead atoms. The second-order valence-electron chi connectivity index (χ2n) is 56.5. The standard InChI is InChI=1S/C24H36.C22H36.C22H34.C21H34.C20H30S.C18H27NS.C10H20/c1-17-19(3)22(14-16-24(8,9)10)20(4)18(2)21(17)13-11-12-15-23(5,6)7;1-17-18(11-10-13-20(2,3)4)15-22(8,9)16-19(17)12-14-21(5,6)7;1-16-17(2)20(13-15-22(7,8)9)18(3)19(16)12-10-11-14-21(4,5)6;1-15-16(2)19(12-14-21(7,8)9)17(3)18(15)11-10-13-20(4,5)6;1-15-16(2)18(12-14-20(6,7)8)21-17(15)11-9-10-13-19(3,4)5;1-14-15(10-8-9-12-17(2,3)4)20-16(19-14)11-13-18(5,6)7;1-9(2,3)7-8-10(4,5)6/h11-16H,1-10H3;10-14H,15-16H2,1-9H3;10-15,18H,1-9H3;10-16H,1-9H3;9-14H,1-8H3;8-13H,1-7H3;7-8H,1-6H3/b13-11+,15-12+,16-14+;13-10+,14-12+,18-11+;12-10+,14-11+,15-13+;13-10+,14-12+,18-11+;11-9+,13-10+,14-12+;10-8+,12-9+,13-11+;8-7+. The van der Waals surface area contributed by atoms with Crippen LogP contribution < -0.4 is 0 Å². The van der Waals surface area contributed by atoms with Gasteiger partial charge in [0.2, 0.25) is 0 Å². The molecule has 3 atom stereocenters. The van der Waals surface area contributed by atoms with Crippen molar-refractivity contribution < 1.29 is 0 Å². The lowest BCUT2D eigenvalue weighted by Crippen LogP contribution is -2.19. The third-order valence-electron chi connectivity index (χ3n) is 23.6. The van der Waals surface area contributed by atoms with Gasteiger partial charge in [-0.05, 0) is 307 Å². The zero-order valence-corrected chi connectivity index (χ0v) is 104. The first-order valence-electron chi connectivity index (χ1n) is 52.8. The van der Waals surface area contributed by atoms with Crippen LogP contribution in [0.2, 0.25) is 0 Å². The molecule has 0 saturated heterocycles. The van der Waals surface area contributed by atoms with E-state index in [1.807, 2.05) is 11.3 Å². The highest BCUT2D eigenvalue weighted by molar-refractivity contribution is 7.14. The molecule has 0 aliphatic heterocycles. The lowest BCUT2D eigenvalue weighted by atomic mass is 9.71. The van der Waals surface area contributed by atoms with Crippen molar-refractivity contribution in [2.45, 2.75) is 414 Å². The van der Waals surface area contributed by atoms with Crippen molar-refractivity contribution in [2.75, 3.05) is 0 Å². The van der Waals surface area contributed by atoms with Gasteiger partial charge in [0.1, 0.15) is 5.01 Å². The number of aromatic nitrogens is 1. The highest BCUT2D eigenvalue weighted by Gasteiger charge is 2.31. The number of thiazole rings is 1. The van der Waals surface area contributed by atoms with Gasteiger partial charge in [0.25, 0.3) is 0 Å². The minimum atomic E-state index is 0.199. The average Bonchev–Trinajstić information content (AvgIpc) is 1.05. The number of allylic oxidation sites excluding steroid dienone is 40. The summed E-state index contributed by atoms with van der Waals surface area (Å²) < 4.78 is 0. The summed E-state index contributed by atoms with van der Waals surface area (Å²) in [6, 6.07) is 0. The molecule has 0 N–H and O–H groups in total. The van der Waals surface area contributed by atoms with Crippen molar-refractivity contribution in [1.82, 2.24) is 4.98 Å². The molecule has 0 amide bonds. The van der Waals surface area contributed by atoms with E-state index in [9.17, 15) is 0 Å². The van der Waals surface area contributed by atoms with Crippen molar-refractivity contribution in [3.05, 3.63) is 308 Å². The van der Waals surface area contributed by atoms with Crippen LogP contribution in [0.4, 0.5) is 0 Å². The van der Waals surface area contributed by atoms with Crippen LogP contribution in [0.25, 0.3) is 36.5 Å². The zero-order valence-electron chi connectivity index (χ0n) is 102. The van der Waals surface area contributed by atoms with Crippen molar-refractivity contribution in [2.24, 2.45) is 99.0 Å². The molecule has 2 aromatic heterocycles. The predicted molar refractivity (Wildman–Crippen MR) is 651 cm³/mol. The number of benzene rings is 1. The third kappa shape index (κ3) is 59.7. The SMILES string of the molecule is CC(C)(C)/C=C/C(C)(C)C.CC1=C(/C=C/C(C)(C)C)C(C)C(C)/C1=C\C=C\C(C)(C)C.CC1=C(/C=C/C(C)(C)C)CC(C)(C)C/C1=C\C=C\C(C)(C)C.CC1=C(/C=C/C=C/C(C)(C)C)C(C)C(/C=C/C(C)(C)C)=C1C.Cc1c(/C=C/C=C/C(C)(C)C)sc(/C=C/C(C)(C)C)c1C.Cc1c(C)c(/C=C/C(C)(C)C)c(C)c(C)c1/C=C/C=C/C(C)(C)C.Cc1nc(/C=C/C(C)(C)C)sc1/C=C/C=C/C(C)(C)C. The van der Waals surface area contributed by atoms with Gasteiger partial charge in [0.15, 0.2) is 0 Å². The van der Waals surface area contributed by atoms with Gasteiger partial charge in [0, 0.05) is 15.7 Å². The minimum Gasteiger partial charge on any atom is -0.241 e. The molecule has 1 nitrogen and oxygen atoms in total. The largest absolute Gasteiger partial charge is 0.241 e. The van der Waals surface area contributed by atoms with Gasteiger partial charge in [-0.1, -0.05) is 520 Å². The molecule has 3 aliphatic rings. The summed E-state index contributed by atoms with van der Waals surface area (Å²) in [5, 5.41) is 1.08. The first kappa shape index (κ1) is 133. The zero-order chi connectivity index (χ0) is 110. The van der Waals surface area contributed by atoms with E-state index < -0.39 is 0 Å². The van der Waals surface area contributed by atoms with E-state index in [0.717, 1.165) is 10.7 Å². The Labute approximate surface area is 878 Å². The fraction of sp³-hybridized carbons (Fsp3) is 0.569. The maximum Gasteiger partial charge on any atom is 0.116 e. The fourth-order valence-electron chi connectivity index (χ4n) is 14.5. The number of hydrogen-bond donors (Lipinski definition) is 0. The van der Waals surface area contributed by atoms with Gasteiger partial charge in [-0.15, -0.1) is 22.7 Å². The molecular weight excluding hydrogens is 1720 g/mol. The third-order valence-corrected chi connectivity index (χ3v) is 26.0. The Kier molecular flexibility index (Phi) is 52.3. The average molecular weight is 1940 g/mol. The molecule has 6 rings (SSSR count). The molecular formula is C137H217NS2. The molecule has 3 heteroatoms. The summed E-state index contributed by atoms with van der Waals surface area (Å²) in [7, 11) is 0. The molecule has 0 fully saturated rings. The molecule has 782 valence electrons. The Morgan fingerprint density at radius 3 is 0.914 bits per heavy atom. The maximum absolute atomic E-state index is 4.60. The summed E-state index contributed by atoms with van der Waals surface area (Å²) >= 11 is 3.62. The van der Waals surface area contributed by atoms with Crippen LogP contribution in [0.5, 0.6) is 0 Å². The van der Waals surface area contributed by atoms with Crippen LogP contribution >= 0.6 is 22.7 Å². The number of thiophene rings is 1. The Morgan fingerprint density at radius 1 is 0.243 bits per heavy atom. The van der Waals surface area contributed by atoms with Gasteiger partial charge in [0.05, 0.1) is 10.6 Å². The van der Waals surface area contributed by atoms with E-state index in [1.54, 1.807) is 11.3 Å². The van der Waals surface area contributed by atoms with Gasteiger partial charge >= 0.3 is 0 Å². The molecule has 1 aromatic carbocycles. The van der Waals surface area contributed by atoms with Crippen molar-refractivity contribution >= 4 is 59.1 Å². The summed E-state index contributed by atoms with van der Waals surface area (Å²) in [5.41, 5.74) is 30.7. The van der Waals surface area contributed by atoms with Gasteiger partial charge in [-0.2, -0.15) is 0 Å². The lowest BCUT2D eigenvalue weighted by Gasteiger charge is -2.33. The summed E-state index contributed by atoms with van der Waals surface area (Å²) in [5.74, 6) is 1.70. The normalized spacial score (nSPS) is 18.4. The first-order chi connectivity index (χ1) is 62.7.